The zero-order valence-corrected chi connectivity index (χ0v) is 18.6. The molecule has 0 spiro atoms. The van der Waals surface area contributed by atoms with Gasteiger partial charge in [-0.2, -0.15) is 18.4 Å². The summed E-state index contributed by atoms with van der Waals surface area (Å²) in [7, 11) is 4.99. The third kappa shape index (κ3) is 4.94. The van der Waals surface area contributed by atoms with Crippen LogP contribution in [0, 0.1) is 22.7 Å². The number of hydrogen-bond donors (Lipinski definition) is 0. The van der Waals surface area contributed by atoms with Gasteiger partial charge < -0.3 is 24.2 Å². The van der Waals surface area contributed by atoms with E-state index in [1.54, 1.807) is 38.2 Å². The van der Waals surface area contributed by atoms with Crippen molar-refractivity contribution < 1.29 is 27.4 Å². The van der Waals surface area contributed by atoms with Crippen LogP contribution in [-0.4, -0.2) is 83.0 Å². The molecule has 0 aromatic heterocycles. The van der Waals surface area contributed by atoms with E-state index in [0.29, 0.717) is 51.7 Å². The van der Waals surface area contributed by atoms with Gasteiger partial charge in [0.15, 0.2) is 0 Å². The predicted octanol–water partition coefficient (Wildman–Crippen LogP) is 3.05. The van der Waals surface area contributed by atoms with Crippen molar-refractivity contribution >= 4 is 11.7 Å². The number of urea groups is 1. The molecule has 0 unspecified atom stereocenters. The van der Waals surface area contributed by atoms with E-state index in [1.165, 1.54) is 11.0 Å². The normalized spacial score (nSPS) is 23.1. The second-order valence-corrected chi connectivity index (χ2v) is 8.71. The number of amides is 2. The third-order valence-corrected chi connectivity index (χ3v) is 6.33. The van der Waals surface area contributed by atoms with Crippen LogP contribution in [0.1, 0.15) is 17.5 Å². The van der Waals surface area contributed by atoms with Gasteiger partial charge in [-0.05, 0) is 30.5 Å². The maximum Gasteiger partial charge on any atom is 0.417 e. The number of anilines is 1. The molecule has 0 saturated carbocycles. The minimum absolute atomic E-state index is 0.0871. The Hall–Kier alpha value is -2.51. The first-order valence-corrected chi connectivity index (χ1v) is 10.5. The summed E-state index contributed by atoms with van der Waals surface area (Å²) < 4.78 is 51.4. The summed E-state index contributed by atoms with van der Waals surface area (Å²) in [4.78, 5) is 17.8. The molecule has 10 heteroatoms. The van der Waals surface area contributed by atoms with Gasteiger partial charge in [-0.1, -0.05) is 0 Å². The summed E-state index contributed by atoms with van der Waals surface area (Å²) in [5, 5.41) is 9.08. The first-order chi connectivity index (χ1) is 15.1. The molecule has 0 bridgehead atoms. The van der Waals surface area contributed by atoms with E-state index in [2.05, 4.69) is 0 Å². The second kappa shape index (κ2) is 9.55. The van der Waals surface area contributed by atoms with E-state index in [1.807, 2.05) is 4.90 Å². The average molecular weight is 454 g/mol. The van der Waals surface area contributed by atoms with Gasteiger partial charge in [0, 0.05) is 58.5 Å². The third-order valence-electron chi connectivity index (χ3n) is 6.33. The summed E-state index contributed by atoms with van der Waals surface area (Å²) in [6.07, 6.45) is -3.87. The molecule has 2 fully saturated rings. The van der Waals surface area contributed by atoms with Crippen molar-refractivity contribution in [1.29, 1.82) is 5.26 Å². The fourth-order valence-electron chi connectivity index (χ4n) is 4.71. The van der Waals surface area contributed by atoms with E-state index < -0.39 is 22.7 Å². The van der Waals surface area contributed by atoms with Crippen LogP contribution in [0.5, 0.6) is 0 Å². The molecule has 1 aromatic rings. The van der Waals surface area contributed by atoms with E-state index in [0.717, 1.165) is 12.5 Å². The highest BCUT2D eigenvalue weighted by atomic mass is 19.4. The van der Waals surface area contributed by atoms with E-state index in [9.17, 15) is 18.0 Å². The Labute approximate surface area is 186 Å². The molecule has 0 N–H and O–H groups in total. The van der Waals surface area contributed by atoms with Crippen molar-refractivity contribution in [1.82, 2.24) is 9.80 Å². The number of likely N-dealkylation sites (tertiary alicyclic amines) is 1. The highest BCUT2D eigenvalue weighted by Crippen LogP contribution is 2.45. The molecule has 2 atom stereocenters. The zero-order valence-electron chi connectivity index (χ0n) is 18.6. The lowest BCUT2D eigenvalue weighted by atomic mass is 9.74. The zero-order chi connectivity index (χ0) is 23.5. The van der Waals surface area contributed by atoms with Crippen molar-refractivity contribution in [2.75, 3.05) is 72.1 Å². The Kier molecular flexibility index (Phi) is 7.20. The molecule has 3 rings (SSSR count). The van der Waals surface area contributed by atoms with Crippen LogP contribution in [0.3, 0.4) is 0 Å². The molecule has 32 heavy (non-hydrogen) atoms. The first kappa shape index (κ1) is 24.1. The van der Waals surface area contributed by atoms with Crippen LogP contribution >= 0.6 is 0 Å². The highest BCUT2D eigenvalue weighted by Gasteiger charge is 2.51. The predicted molar refractivity (Wildman–Crippen MR) is 112 cm³/mol. The number of fused-ring (bicyclic) bond motifs is 1. The monoisotopic (exact) mass is 454 g/mol. The van der Waals surface area contributed by atoms with Gasteiger partial charge >= 0.3 is 12.2 Å². The van der Waals surface area contributed by atoms with Gasteiger partial charge in [-0.3, -0.25) is 0 Å². The van der Waals surface area contributed by atoms with Gasteiger partial charge in [0.25, 0.3) is 0 Å². The number of hydrogen-bond acceptors (Lipinski definition) is 5. The molecule has 176 valence electrons. The minimum Gasteiger partial charge on any atom is -0.382 e. The lowest BCUT2D eigenvalue weighted by molar-refractivity contribution is -0.137. The largest absolute Gasteiger partial charge is 0.417 e. The fourth-order valence-corrected chi connectivity index (χ4v) is 4.71. The van der Waals surface area contributed by atoms with Crippen LogP contribution < -0.4 is 4.90 Å². The number of halogens is 3. The Balaban J connectivity index is 1.88. The van der Waals surface area contributed by atoms with Crippen LogP contribution in [0.15, 0.2) is 18.2 Å². The molecule has 7 nitrogen and oxygen atoms in total. The van der Waals surface area contributed by atoms with Gasteiger partial charge in [0.1, 0.15) is 0 Å². The van der Waals surface area contributed by atoms with Crippen LogP contribution in [0.4, 0.5) is 23.7 Å². The minimum atomic E-state index is -4.61. The number of nitriles is 1. The molecular weight excluding hydrogens is 425 g/mol. The lowest BCUT2D eigenvalue weighted by Gasteiger charge is -2.44. The maximum absolute atomic E-state index is 13.5. The summed E-state index contributed by atoms with van der Waals surface area (Å²) >= 11 is 0. The lowest BCUT2D eigenvalue weighted by Crippen LogP contribution is -2.55. The molecule has 2 aliphatic rings. The van der Waals surface area contributed by atoms with Crippen molar-refractivity contribution in [3.05, 3.63) is 29.3 Å². The maximum atomic E-state index is 13.5. The average Bonchev–Trinajstić information content (AvgIpc) is 3.14. The topological polar surface area (TPSA) is 69.0 Å². The Morgan fingerprint density at radius 3 is 2.69 bits per heavy atom. The molecule has 2 amide bonds. The number of ether oxygens (including phenoxy) is 2. The number of carbonyl (C=O) groups is 1. The number of benzene rings is 1. The van der Waals surface area contributed by atoms with Crippen molar-refractivity contribution in [2.45, 2.75) is 12.6 Å². The number of alkyl halides is 3. The van der Waals surface area contributed by atoms with E-state index in [4.69, 9.17) is 14.7 Å². The van der Waals surface area contributed by atoms with Crippen molar-refractivity contribution in [2.24, 2.45) is 11.3 Å². The highest BCUT2D eigenvalue weighted by molar-refractivity contribution is 5.74. The Bertz CT molecular complexity index is 871. The first-order valence-electron chi connectivity index (χ1n) is 10.5. The molecule has 2 aliphatic heterocycles. The molecular formula is C22H29F3N4O3. The van der Waals surface area contributed by atoms with E-state index in [-0.39, 0.29) is 11.9 Å². The Morgan fingerprint density at radius 2 is 2.06 bits per heavy atom. The number of rotatable bonds is 6. The molecule has 2 saturated heterocycles. The fraction of sp³-hybridized carbons (Fsp3) is 0.636. The van der Waals surface area contributed by atoms with Gasteiger partial charge in [-0.25, -0.2) is 4.79 Å². The van der Waals surface area contributed by atoms with Crippen LogP contribution in [0.2, 0.25) is 0 Å². The number of carbonyl (C=O) groups excluding carboxylic acids is 1. The molecule has 1 aromatic carbocycles. The molecule has 2 heterocycles. The molecule has 0 aliphatic carbocycles. The van der Waals surface area contributed by atoms with Gasteiger partial charge in [0.2, 0.25) is 0 Å². The van der Waals surface area contributed by atoms with Crippen LogP contribution in [0.25, 0.3) is 0 Å². The second-order valence-electron chi connectivity index (χ2n) is 8.71. The summed E-state index contributed by atoms with van der Waals surface area (Å²) in [6.45, 7) is 3.33. The summed E-state index contributed by atoms with van der Waals surface area (Å²) in [6, 6.07) is 5.38. The smallest absolute Gasteiger partial charge is 0.382 e. The number of piperidine rings is 1. The van der Waals surface area contributed by atoms with Crippen molar-refractivity contribution in [3.63, 3.8) is 0 Å². The number of nitrogens with zero attached hydrogens (tertiary/aromatic N) is 4. The quantitative estimate of drug-likeness (QED) is 0.618. The summed E-state index contributed by atoms with van der Waals surface area (Å²) in [5.74, 6) is 0.168. The number of methoxy groups -OCH3 is 1. The van der Waals surface area contributed by atoms with E-state index >= 15 is 0 Å². The van der Waals surface area contributed by atoms with Crippen molar-refractivity contribution in [3.8, 4) is 6.07 Å². The molecule has 0 radical (unpaired) electrons. The standard InChI is InChI=1S/C22H29F3N4O3/c1-27(2)20(30)28-7-6-17-12-29(14-21(17,13-28)15-32-9-8-31-3)18-5-4-16(11-26)19(10-18)22(23,24)25/h4-5,10,17H,6-9,12-15H2,1-3H3/t17-,21+/m1/s1. The Morgan fingerprint density at radius 1 is 1.31 bits per heavy atom. The van der Waals surface area contributed by atoms with Crippen LogP contribution in [-0.2, 0) is 15.7 Å². The SMILES string of the molecule is COCCOC[C@@]12CN(C(=O)N(C)C)CC[C@@H]1CN(c1ccc(C#N)c(C(F)(F)F)c1)C2. The van der Waals surface area contributed by atoms with Gasteiger partial charge in [0.05, 0.1) is 37.0 Å². The van der Waals surface area contributed by atoms with Gasteiger partial charge in [-0.15, -0.1) is 0 Å². The summed E-state index contributed by atoms with van der Waals surface area (Å²) in [5.41, 5.74) is -1.29.